The lowest BCUT2D eigenvalue weighted by Crippen LogP contribution is -2.33. The highest BCUT2D eigenvalue weighted by Gasteiger charge is 2.31. The van der Waals surface area contributed by atoms with Crippen LogP contribution in [0, 0.1) is 0 Å². The Balaban J connectivity index is 1.63. The molecule has 2 aliphatic heterocycles. The summed E-state index contributed by atoms with van der Waals surface area (Å²) in [5, 5.41) is 0. The van der Waals surface area contributed by atoms with Gasteiger partial charge in [0.25, 0.3) is 0 Å². The Morgan fingerprint density at radius 3 is 2.78 bits per heavy atom. The van der Waals surface area contributed by atoms with E-state index in [4.69, 9.17) is 4.74 Å². The second-order valence-electron chi connectivity index (χ2n) is 7.08. The van der Waals surface area contributed by atoms with Crippen LogP contribution in [0.15, 0.2) is 47.4 Å². The van der Waals surface area contributed by atoms with Crippen LogP contribution in [0.5, 0.6) is 5.75 Å². The summed E-state index contributed by atoms with van der Waals surface area (Å²) in [6.45, 7) is 3.96. The fourth-order valence-electron chi connectivity index (χ4n) is 3.97. The minimum Gasteiger partial charge on any atom is -0.493 e. The molecule has 2 aromatic carbocycles. The number of hydrogen-bond acceptors (Lipinski definition) is 4. The van der Waals surface area contributed by atoms with Crippen LogP contribution in [-0.2, 0) is 21.2 Å². The van der Waals surface area contributed by atoms with E-state index in [0.29, 0.717) is 19.4 Å². The van der Waals surface area contributed by atoms with Crippen LogP contribution in [0.3, 0.4) is 0 Å². The van der Waals surface area contributed by atoms with Gasteiger partial charge in [-0.15, -0.1) is 0 Å². The number of para-hydroxylation sites is 1. The zero-order valence-electron chi connectivity index (χ0n) is 15.3. The van der Waals surface area contributed by atoms with E-state index in [2.05, 4.69) is 4.72 Å². The number of carbonyl (C=O) groups excluding carboxylic acids is 1. The van der Waals surface area contributed by atoms with Crippen molar-refractivity contribution in [2.75, 3.05) is 11.5 Å². The molecule has 0 saturated heterocycles. The van der Waals surface area contributed by atoms with Crippen molar-refractivity contribution in [3.63, 3.8) is 0 Å². The SMILES string of the molecule is CC(=O)N1c2ccc(S(=O)(=O)N[C@@H]3CCOc4ccccc43)cc2C[C@@H]1C. The third-order valence-electron chi connectivity index (χ3n) is 5.17. The summed E-state index contributed by atoms with van der Waals surface area (Å²) in [4.78, 5) is 13.8. The van der Waals surface area contributed by atoms with Gasteiger partial charge < -0.3 is 9.64 Å². The summed E-state index contributed by atoms with van der Waals surface area (Å²) >= 11 is 0. The van der Waals surface area contributed by atoms with Gasteiger partial charge >= 0.3 is 0 Å². The first-order valence-electron chi connectivity index (χ1n) is 9.03. The molecule has 0 radical (unpaired) electrons. The highest BCUT2D eigenvalue weighted by molar-refractivity contribution is 7.89. The lowest BCUT2D eigenvalue weighted by molar-refractivity contribution is -0.116. The van der Waals surface area contributed by atoms with Crippen molar-refractivity contribution in [1.82, 2.24) is 4.72 Å². The number of ether oxygens (including phenoxy) is 1. The summed E-state index contributed by atoms with van der Waals surface area (Å²) in [5.41, 5.74) is 2.53. The van der Waals surface area contributed by atoms with Gasteiger partial charge in [-0.25, -0.2) is 13.1 Å². The number of rotatable bonds is 3. The predicted molar refractivity (Wildman–Crippen MR) is 102 cm³/mol. The van der Waals surface area contributed by atoms with Gasteiger partial charge in [0.2, 0.25) is 15.9 Å². The summed E-state index contributed by atoms with van der Waals surface area (Å²) in [7, 11) is -3.69. The van der Waals surface area contributed by atoms with Gasteiger partial charge in [0, 0.05) is 30.6 Å². The maximum Gasteiger partial charge on any atom is 0.241 e. The lowest BCUT2D eigenvalue weighted by Gasteiger charge is -2.26. The monoisotopic (exact) mass is 386 g/mol. The summed E-state index contributed by atoms with van der Waals surface area (Å²) < 4.78 is 34.4. The molecule has 27 heavy (non-hydrogen) atoms. The Morgan fingerprint density at radius 1 is 1.22 bits per heavy atom. The molecule has 7 heteroatoms. The Labute approximate surface area is 159 Å². The smallest absolute Gasteiger partial charge is 0.241 e. The van der Waals surface area contributed by atoms with Crippen molar-refractivity contribution in [2.45, 2.75) is 43.7 Å². The molecule has 4 rings (SSSR count). The number of nitrogens with zero attached hydrogens (tertiary/aromatic N) is 1. The van der Waals surface area contributed by atoms with Gasteiger partial charge in [-0.1, -0.05) is 18.2 Å². The first kappa shape index (κ1) is 18.0. The van der Waals surface area contributed by atoms with Crippen LogP contribution in [-0.4, -0.2) is 27.0 Å². The van der Waals surface area contributed by atoms with Crippen molar-refractivity contribution in [3.8, 4) is 5.75 Å². The topological polar surface area (TPSA) is 75.7 Å². The summed E-state index contributed by atoms with van der Waals surface area (Å²) in [5.74, 6) is 0.685. The molecular weight excluding hydrogens is 364 g/mol. The van der Waals surface area contributed by atoms with E-state index < -0.39 is 10.0 Å². The van der Waals surface area contributed by atoms with Crippen LogP contribution in [0.25, 0.3) is 0 Å². The number of benzene rings is 2. The van der Waals surface area contributed by atoms with Crippen molar-refractivity contribution in [2.24, 2.45) is 0 Å². The van der Waals surface area contributed by atoms with Gasteiger partial charge in [-0.3, -0.25) is 4.79 Å². The molecule has 0 saturated carbocycles. The Kier molecular flexibility index (Phi) is 4.44. The first-order chi connectivity index (χ1) is 12.9. The first-order valence-corrected chi connectivity index (χ1v) is 10.5. The van der Waals surface area contributed by atoms with Crippen LogP contribution in [0.2, 0.25) is 0 Å². The average molecular weight is 386 g/mol. The van der Waals surface area contributed by atoms with Crippen molar-refractivity contribution in [3.05, 3.63) is 53.6 Å². The normalized spacial score (nSPS) is 21.3. The second-order valence-corrected chi connectivity index (χ2v) is 8.80. The number of nitrogens with one attached hydrogen (secondary N) is 1. The zero-order valence-corrected chi connectivity index (χ0v) is 16.1. The van der Waals surface area contributed by atoms with Gasteiger partial charge in [0.15, 0.2) is 0 Å². The highest BCUT2D eigenvalue weighted by Crippen LogP contribution is 2.35. The highest BCUT2D eigenvalue weighted by atomic mass is 32.2. The van der Waals surface area contributed by atoms with E-state index >= 15 is 0 Å². The molecule has 0 aliphatic carbocycles. The average Bonchev–Trinajstić information content (AvgIpc) is 2.97. The predicted octanol–water partition coefficient (Wildman–Crippen LogP) is 2.79. The molecule has 0 aromatic heterocycles. The molecule has 2 atom stereocenters. The van der Waals surface area contributed by atoms with Gasteiger partial charge in [-0.05, 0) is 43.2 Å². The van der Waals surface area contributed by atoms with Gasteiger partial charge in [0.1, 0.15) is 5.75 Å². The maximum absolute atomic E-state index is 13.0. The fraction of sp³-hybridized carbons (Fsp3) is 0.350. The van der Waals surface area contributed by atoms with Gasteiger partial charge in [0.05, 0.1) is 17.5 Å². The molecule has 1 amide bonds. The maximum atomic E-state index is 13.0. The van der Waals surface area contributed by atoms with Crippen molar-refractivity contribution in [1.29, 1.82) is 0 Å². The van der Waals surface area contributed by atoms with Crippen LogP contribution < -0.4 is 14.4 Å². The molecule has 6 nitrogen and oxygen atoms in total. The fourth-order valence-corrected chi connectivity index (χ4v) is 5.27. The van der Waals surface area contributed by atoms with Crippen LogP contribution in [0.4, 0.5) is 5.69 Å². The minimum absolute atomic E-state index is 0.0331. The largest absolute Gasteiger partial charge is 0.493 e. The van der Waals surface area contributed by atoms with E-state index in [1.54, 1.807) is 23.1 Å². The molecule has 0 spiro atoms. The third-order valence-corrected chi connectivity index (χ3v) is 6.64. The standard InChI is InChI=1S/C20H22N2O4S/c1-13-11-15-12-16(7-8-19(15)22(13)14(2)23)27(24,25)21-18-9-10-26-20-6-4-3-5-17(18)20/h3-8,12-13,18,21H,9-11H2,1-2H3/t13-,18+/m0/s1. The number of carbonyl (C=O) groups is 1. The Hall–Kier alpha value is -2.38. The lowest BCUT2D eigenvalue weighted by atomic mass is 10.0. The van der Waals surface area contributed by atoms with E-state index in [1.165, 1.54) is 6.92 Å². The van der Waals surface area contributed by atoms with Crippen molar-refractivity contribution < 1.29 is 17.9 Å². The molecule has 2 heterocycles. The summed E-state index contributed by atoms with van der Waals surface area (Å²) in [6, 6.07) is 12.2. The number of amides is 1. The minimum atomic E-state index is -3.69. The molecule has 2 aliphatic rings. The van der Waals surface area contributed by atoms with E-state index in [9.17, 15) is 13.2 Å². The molecule has 0 fully saturated rings. The second kappa shape index (κ2) is 6.65. The number of fused-ring (bicyclic) bond motifs is 2. The van der Waals surface area contributed by atoms with E-state index in [-0.39, 0.29) is 22.9 Å². The molecule has 0 unspecified atom stereocenters. The third kappa shape index (κ3) is 3.21. The summed E-state index contributed by atoms with van der Waals surface area (Å²) in [6.07, 6.45) is 1.23. The number of sulfonamides is 1. The van der Waals surface area contributed by atoms with Crippen LogP contribution >= 0.6 is 0 Å². The Bertz CT molecular complexity index is 1000. The molecule has 142 valence electrons. The molecule has 0 bridgehead atoms. The quantitative estimate of drug-likeness (QED) is 0.880. The zero-order chi connectivity index (χ0) is 19.2. The number of anilines is 1. The van der Waals surface area contributed by atoms with E-state index in [1.807, 2.05) is 31.2 Å². The molecular formula is C20H22N2O4S. The Morgan fingerprint density at radius 2 is 2.00 bits per heavy atom. The van der Waals surface area contributed by atoms with Crippen LogP contribution in [0.1, 0.15) is 37.4 Å². The van der Waals surface area contributed by atoms with E-state index in [0.717, 1.165) is 22.6 Å². The van der Waals surface area contributed by atoms with Crippen molar-refractivity contribution >= 4 is 21.6 Å². The van der Waals surface area contributed by atoms with Gasteiger partial charge in [-0.2, -0.15) is 0 Å². The molecule has 1 N–H and O–H groups in total. The molecule has 2 aromatic rings. The number of hydrogen-bond donors (Lipinski definition) is 1.